The second-order valence-corrected chi connectivity index (χ2v) is 31.3. The van der Waals surface area contributed by atoms with Crippen LogP contribution in [0.1, 0.15) is 370 Å². The quantitative estimate of drug-likeness (QED) is 0.0222. The number of phosphoric acid groups is 2. The van der Waals surface area contributed by atoms with E-state index in [1.54, 1.807) is 0 Å². The van der Waals surface area contributed by atoms with Gasteiger partial charge in [0.2, 0.25) is 0 Å². The van der Waals surface area contributed by atoms with E-state index in [2.05, 4.69) is 55.4 Å². The SMILES string of the molecule is CCC(C)CCCCCCCCC(=O)OC[C@H](COP(=O)(O)OC[C@H](O)COP(=O)(O)OC[C@@H](COC(=O)CCCCCCCCCCCCCC(C)C)OC(=O)CCCCCCCCCCCCCCCC(C)C)OC(=O)CCCCCCCCCCCCC(C)C. The number of esters is 4. The summed E-state index contributed by atoms with van der Waals surface area (Å²) in [6, 6.07) is 0. The molecule has 6 atom stereocenters. The number of hydrogen-bond donors (Lipinski definition) is 3. The van der Waals surface area contributed by atoms with Crippen molar-refractivity contribution in [1.82, 2.24) is 0 Å². The van der Waals surface area contributed by atoms with Crippen LogP contribution >= 0.6 is 15.6 Å². The first-order valence-corrected chi connectivity index (χ1v) is 41.2. The summed E-state index contributed by atoms with van der Waals surface area (Å²) in [6.07, 6.45) is 47.1. The molecule has 93 heavy (non-hydrogen) atoms. The third kappa shape index (κ3) is 67.0. The van der Waals surface area contributed by atoms with Gasteiger partial charge in [0.25, 0.3) is 0 Å². The van der Waals surface area contributed by atoms with Crippen molar-refractivity contribution in [3.63, 3.8) is 0 Å². The highest BCUT2D eigenvalue weighted by atomic mass is 31.2. The molecule has 0 radical (unpaired) electrons. The van der Waals surface area contributed by atoms with Crippen molar-refractivity contribution < 1.29 is 80.2 Å². The number of carbonyl (C=O) groups is 4. The first kappa shape index (κ1) is 91.1. The maximum atomic E-state index is 13.1. The van der Waals surface area contributed by atoms with Gasteiger partial charge in [0.1, 0.15) is 19.3 Å². The van der Waals surface area contributed by atoms with E-state index in [0.29, 0.717) is 25.7 Å². The minimum Gasteiger partial charge on any atom is -0.462 e. The van der Waals surface area contributed by atoms with E-state index in [1.165, 1.54) is 167 Å². The van der Waals surface area contributed by atoms with E-state index >= 15 is 0 Å². The molecule has 552 valence electrons. The van der Waals surface area contributed by atoms with Gasteiger partial charge in [0.05, 0.1) is 26.4 Å². The zero-order chi connectivity index (χ0) is 68.9. The third-order valence-electron chi connectivity index (χ3n) is 17.4. The van der Waals surface area contributed by atoms with Crippen LogP contribution in [0, 0.1) is 23.7 Å². The lowest BCUT2D eigenvalue weighted by Crippen LogP contribution is -2.30. The smallest absolute Gasteiger partial charge is 0.462 e. The van der Waals surface area contributed by atoms with E-state index < -0.39 is 97.5 Å². The lowest BCUT2D eigenvalue weighted by molar-refractivity contribution is -0.161. The second-order valence-electron chi connectivity index (χ2n) is 28.4. The van der Waals surface area contributed by atoms with Crippen LogP contribution in [0.5, 0.6) is 0 Å². The summed E-state index contributed by atoms with van der Waals surface area (Å²) in [5.74, 6) is 0.917. The molecule has 3 unspecified atom stereocenters. The van der Waals surface area contributed by atoms with E-state index in [-0.39, 0.29) is 25.7 Å². The number of rotatable bonds is 71. The highest BCUT2D eigenvalue weighted by molar-refractivity contribution is 7.47. The predicted octanol–water partition coefficient (Wildman–Crippen LogP) is 21.3. The van der Waals surface area contributed by atoms with Gasteiger partial charge in [0.15, 0.2) is 12.2 Å². The fourth-order valence-corrected chi connectivity index (χ4v) is 12.7. The lowest BCUT2D eigenvalue weighted by atomic mass is 10.00. The lowest BCUT2D eigenvalue weighted by Gasteiger charge is -2.21. The molecule has 0 fully saturated rings. The monoisotopic (exact) mass is 1370 g/mol. The summed E-state index contributed by atoms with van der Waals surface area (Å²) in [6.45, 7) is 14.2. The Morgan fingerprint density at radius 3 is 0.763 bits per heavy atom. The van der Waals surface area contributed by atoms with E-state index in [0.717, 1.165) is 120 Å². The second kappa shape index (κ2) is 63.5. The number of aliphatic hydroxyl groups is 1. The van der Waals surface area contributed by atoms with Crippen molar-refractivity contribution in [1.29, 1.82) is 0 Å². The van der Waals surface area contributed by atoms with Gasteiger partial charge in [0, 0.05) is 25.7 Å². The van der Waals surface area contributed by atoms with Crippen LogP contribution in [0.25, 0.3) is 0 Å². The molecule has 0 aliphatic rings. The minimum atomic E-state index is -4.96. The number of unbranched alkanes of at least 4 members (excludes halogenated alkanes) is 36. The van der Waals surface area contributed by atoms with Crippen LogP contribution < -0.4 is 0 Å². The Balaban J connectivity index is 5.27. The van der Waals surface area contributed by atoms with Crippen molar-refractivity contribution in [2.75, 3.05) is 39.6 Å². The standard InChI is InChI=1S/C74H144O17P2/c1-9-67(8)53-45-37-32-33-39-47-55-72(77)85-61-70(91-74(79)57-49-41-31-25-19-18-22-28-36-44-52-66(6)7)63-89-93(82,83)87-59-68(75)58-86-92(80,81)88-62-69(60-84-71(76)54-46-38-29-23-17-13-15-21-27-35-43-51-65(4)5)90-73(78)56-48-40-30-24-16-12-10-11-14-20-26-34-42-50-64(2)3/h64-70,75H,9-63H2,1-8H3,(H,80,81)(H,82,83)/t67?,68-,69-,70-/m1/s1. The highest BCUT2D eigenvalue weighted by Gasteiger charge is 2.30. The van der Waals surface area contributed by atoms with Crippen LogP contribution in [0.2, 0.25) is 0 Å². The molecule has 0 saturated heterocycles. The molecule has 0 amide bonds. The molecule has 0 aromatic carbocycles. The number of carbonyl (C=O) groups excluding carboxylic acids is 4. The van der Waals surface area contributed by atoms with E-state index in [1.807, 2.05) is 0 Å². The Kier molecular flexibility index (Phi) is 62.2. The molecular weight excluding hydrogens is 1220 g/mol. The first-order chi connectivity index (χ1) is 44.6. The number of phosphoric ester groups is 2. The summed E-state index contributed by atoms with van der Waals surface area (Å²) < 4.78 is 68.5. The highest BCUT2D eigenvalue weighted by Crippen LogP contribution is 2.45. The van der Waals surface area contributed by atoms with Gasteiger partial charge in [-0.2, -0.15) is 0 Å². The molecule has 3 N–H and O–H groups in total. The van der Waals surface area contributed by atoms with Gasteiger partial charge >= 0.3 is 39.5 Å². The number of ether oxygens (including phenoxy) is 4. The van der Waals surface area contributed by atoms with Gasteiger partial charge in [-0.1, -0.05) is 319 Å². The summed E-state index contributed by atoms with van der Waals surface area (Å²) >= 11 is 0. The Morgan fingerprint density at radius 2 is 0.516 bits per heavy atom. The average Bonchev–Trinajstić information content (AvgIpc) is 2.62. The normalized spacial score (nSPS) is 14.5. The molecule has 0 spiro atoms. The van der Waals surface area contributed by atoms with Gasteiger partial charge in [-0.3, -0.25) is 37.3 Å². The molecule has 0 bridgehead atoms. The van der Waals surface area contributed by atoms with Crippen LogP contribution in [0.15, 0.2) is 0 Å². The Hall–Kier alpha value is -1.94. The zero-order valence-corrected chi connectivity index (χ0v) is 62.7. The first-order valence-electron chi connectivity index (χ1n) is 38.2. The third-order valence-corrected chi connectivity index (χ3v) is 19.3. The molecule has 0 aliphatic carbocycles. The van der Waals surface area contributed by atoms with E-state index in [4.69, 9.17) is 37.0 Å². The minimum absolute atomic E-state index is 0.105. The van der Waals surface area contributed by atoms with Crippen LogP contribution in [-0.4, -0.2) is 96.7 Å². The molecule has 0 heterocycles. The maximum Gasteiger partial charge on any atom is 0.472 e. The van der Waals surface area contributed by atoms with Gasteiger partial charge in [-0.15, -0.1) is 0 Å². The summed E-state index contributed by atoms with van der Waals surface area (Å²) in [5.41, 5.74) is 0. The van der Waals surface area contributed by atoms with Crippen molar-refractivity contribution in [2.24, 2.45) is 23.7 Å². The van der Waals surface area contributed by atoms with E-state index in [9.17, 15) is 43.2 Å². The molecule has 0 rings (SSSR count). The summed E-state index contributed by atoms with van der Waals surface area (Å²) in [7, 11) is -9.91. The van der Waals surface area contributed by atoms with Gasteiger partial charge < -0.3 is 33.8 Å². The van der Waals surface area contributed by atoms with Crippen LogP contribution in [0.4, 0.5) is 0 Å². The molecular formula is C74H144O17P2. The number of hydrogen-bond acceptors (Lipinski definition) is 15. The predicted molar refractivity (Wildman–Crippen MR) is 377 cm³/mol. The van der Waals surface area contributed by atoms with Gasteiger partial charge in [-0.25, -0.2) is 9.13 Å². The van der Waals surface area contributed by atoms with Gasteiger partial charge in [-0.05, 0) is 49.4 Å². The Bertz CT molecular complexity index is 1840. The topological polar surface area (TPSA) is 237 Å². The largest absolute Gasteiger partial charge is 0.472 e. The molecule has 0 aliphatic heterocycles. The van der Waals surface area contributed by atoms with Crippen LogP contribution in [-0.2, 0) is 65.4 Å². The summed E-state index contributed by atoms with van der Waals surface area (Å²) in [5, 5.41) is 10.6. The fourth-order valence-electron chi connectivity index (χ4n) is 11.2. The zero-order valence-electron chi connectivity index (χ0n) is 60.9. The molecule has 0 aromatic heterocycles. The molecule has 17 nitrogen and oxygen atoms in total. The average molecular weight is 1370 g/mol. The maximum absolute atomic E-state index is 13.1. The molecule has 19 heteroatoms. The number of aliphatic hydroxyl groups excluding tert-OH is 1. The Morgan fingerprint density at radius 1 is 0.301 bits per heavy atom. The van der Waals surface area contributed by atoms with Crippen molar-refractivity contribution in [3.05, 3.63) is 0 Å². The Labute approximate surface area is 568 Å². The van der Waals surface area contributed by atoms with Crippen LogP contribution in [0.3, 0.4) is 0 Å². The van der Waals surface area contributed by atoms with Crippen molar-refractivity contribution in [2.45, 2.75) is 388 Å². The van der Waals surface area contributed by atoms with Crippen molar-refractivity contribution >= 4 is 39.5 Å². The summed E-state index contributed by atoms with van der Waals surface area (Å²) in [4.78, 5) is 72.7. The van der Waals surface area contributed by atoms with Crippen molar-refractivity contribution in [3.8, 4) is 0 Å². The fraction of sp³-hybridized carbons (Fsp3) is 0.946. The molecule has 0 aromatic rings. The molecule has 0 saturated carbocycles.